The van der Waals surface area contributed by atoms with Crippen LogP contribution in [-0.4, -0.2) is 15.9 Å². The van der Waals surface area contributed by atoms with Crippen molar-refractivity contribution in [2.45, 2.75) is 6.18 Å². The van der Waals surface area contributed by atoms with Gasteiger partial charge in [-0.15, -0.1) is 0 Å². The second-order valence-electron chi connectivity index (χ2n) is 3.98. The smallest absolute Gasteiger partial charge is 0.382 e. The number of benzene rings is 1. The molecule has 2 aromatic rings. The molecule has 110 valence electrons. The Morgan fingerprint density at radius 2 is 1.95 bits per heavy atom. The molecule has 1 heterocycles. The van der Waals surface area contributed by atoms with Crippen LogP contribution in [0.5, 0.6) is 0 Å². The van der Waals surface area contributed by atoms with Crippen molar-refractivity contribution in [1.29, 1.82) is 0 Å². The molecule has 9 heteroatoms. The first kappa shape index (κ1) is 14.7. The van der Waals surface area contributed by atoms with E-state index < -0.39 is 29.2 Å². The molecule has 2 rings (SSSR count). The van der Waals surface area contributed by atoms with E-state index in [4.69, 9.17) is 5.73 Å². The van der Waals surface area contributed by atoms with Crippen molar-refractivity contribution in [2.75, 3.05) is 11.1 Å². The standard InChI is InChI=1S/C12H8F4N4O/c13-7-2-1-6(12(14,15)16)3-8(7)20-11(21)9-4-18-5-10(17)19-9/h1-5H,(H2,17,19)(H,20,21). The molecule has 0 aliphatic carbocycles. The number of aromatic nitrogens is 2. The maximum atomic E-state index is 13.5. The first-order valence-electron chi connectivity index (χ1n) is 5.53. The number of nitrogen functional groups attached to an aromatic ring is 1. The summed E-state index contributed by atoms with van der Waals surface area (Å²) in [5.74, 6) is -1.98. The van der Waals surface area contributed by atoms with Crippen molar-refractivity contribution in [3.63, 3.8) is 0 Å². The predicted molar refractivity (Wildman–Crippen MR) is 65.8 cm³/mol. The van der Waals surface area contributed by atoms with Gasteiger partial charge in [0.25, 0.3) is 5.91 Å². The van der Waals surface area contributed by atoms with Crippen LogP contribution in [0.25, 0.3) is 0 Å². The van der Waals surface area contributed by atoms with Gasteiger partial charge in [0.05, 0.1) is 23.6 Å². The van der Waals surface area contributed by atoms with Gasteiger partial charge in [-0.25, -0.2) is 9.37 Å². The van der Waals surface area contributed by atoms with Crippen LogP contribution in [-0.2, 0) is 6.18 Å². The molecule has 0 bridgehead atoms. The molecule has 1 aromatic carbocycles. The van der Waals surface area contributed by atoms with E-state index in [1.165, 1.54) is 6.20 Å². The molecule has 0 radical (unpaired) electrons. The molecule has 0 saturated heterocycles. The van der Waals surface area contributed by atoms with Gasteiger partial charge < -0.3 is 11.1 Å². The van der Waals surface area contributed by atoms with Crippen LogP contribution < -0.4 is 11.1 Å². The van der Waals surface area contributed by atoms with Gasteiger partial charge in [-0.2, -0.15) is 13.2 Å². The quantitative estimate of drug-likeness (QED) is 0.835. The van der Waals surface area contributed by atoms with Crippen molar-refractivity contribution in [3.8, 4) is 0 Å². The minimum atomic E-state index is -4.65. The SMILES string of the molecule is Nc1cncc(C(=O)Nc2cc(C(F)(F)F)ccc2F)n1. The highest BCUT2D eigenvalue weighted by atomic mass is 19.4. The first-order valence-corrected chi connectivity index (χ1v) is 5.53. The van der Waals surface area contributed by atoms with Crippen molar-refractivity contribution >= 4 is 17.4 Å². The lowest BCUT2D eigenvalue weighted by molar-refractivity contribution is -0.137. The summed E-state index contributed by atoms with van der Waals surface area (Å²) in [4.78, 5) is 19.0. The average molecular weight is 300 g/mol. The van der Waals surface area contributed by atoms with Gasteiger partial charge in [0.15, 0.2) is 0 Å². The lowest BCUT2D eigenvalue weighted by atomic mass is 10.2. The first-order chi connectivity index (χ1) is 9.77. The van der Waals surface area contributed by atoms with Gasteiger partial charge in [-0.3, -0.25) is 9.78 Å². The summed E-state index contributed by atoms with van der Waals surface area (Å²) >= 11 is 0. The fourth-order valence-electron chi connectivity index (χ4n) is 1.47. The zero-order valence-corrected chi connectivity index (χ0v) is 10.3. The number of amides is 1. The molecule has 0 unspecified atom stereocenters. The summed E-state index contributed by atoms with van der Waals surface area (Å²) in [7, 11) is 0. The van der Waals surface area contributed by atoms with E-state index in [2.05, 4.69) is 9.97 Å². The monoisotopic (exact) mass is 300 g/mol. The van der Waals surface area contributed by atoms with E-state index in [1.54, 1.807) is 0 Å². The Morgan fingerprint density at radius 1 is 1.24 bits per heavy atom. The summed E-state index contributed by atoms with van der Waals surface area (Å²) in [5, 5.41) is 1.99. The Bertz CT molecular complexity index is 687. The van der Waals surface area contributed by atoms with E-state index in [0.717, 1.165) is 6.20 Å². The van der Waals surface area contributed by atoms with Crippen LogP contribution in [0.2, 0.25) is 0 Å². The van der Waals surface area contributed by atoms with E-state index >= 15 is 0 Å². The topological polar surface area (TPSA) is 80.9 Å². The van der Waals surface area contributed by atoms with Gasteiger partial charge in [0, 0.05) is 0 Å². The fourth-order valence-corrected chi connectivity index (χ4v) is 1.47. The van der Waals surface area contributed by atoms with Gasteiger partial charge in [-0.05, 0) is 18.2 Å². The number of hydrogen-bond donors (Lipinski definition) is 2. The molecule has 0 spiro atoms. The number of halogens is 4. The maximum Gasteiger partial charge on any atom is 0.416 e. The second-order valence-corrected chi connectivity index (χ2v) is 3.98. The van der Waals surface area contributed by atoms with E-state index in [-0.39, 0.29) is 11.5 Å². The van der Waals surface area contributed by atoms with Crippen LogP contribution >= 0.6 is 0 Å². The third-order valence-electron chi connectivity index (χ3n) is 2.43. The van der Waals surface area contributed by atoms with E-state index in [9.17, 15) is 22.4 Å². The molecule has 0 atom stereocenters. The highest BCUT2D eigenvalue weighted by Crippen LogP contribution is 2.31. The second kappa shape index (κ2) is 5.35. The van der Waals surface area contributed by atoms with Crippen LogP contribution in [0, 0.1) is 5.82 Å². The van der Waals surface area contributed by atoms with Crippen LogP contribution in [0.4, 0.5) is 29.1 Å². The number of carbonyl (C=O) groups excluding carboxylic acids is 1. The molecule has 0 fully saturated rings. The number of hydrogen-bond acceptors (Lipinski definition) is 4. The number of nitrogens with zero attached hydrogens (tertiary/aromatic N) is 2. The summed E-state index contributed by atoms with van der Waals surface area (Å²) in [6, 6.07) is 1.68. The van der Waals surface area contributed by atoms with Crippen molar-refractivity contribution in [1.82, 2.24) is 9.97 Å². The number of nitrogens with two attached hydrogens (primary N) is 1. The molecule has 0 aliphatic rings. The Morgan fingerprint density at radius 3 is 2.57 bits per heavy atom. The average Bonchev–Trinajstić information content (AvgIpc) is 2.40. The molecular weight excluding hydrogens is 292 g/mol. The van der Waals surface area contributed by atoms with Crippen LogP contribution in [0.15, 0.2) is 30.6 Å². The highest BCUT2D eigenvalue weighted by Gasteiger charge is 2.31. The van der Waals surface area contributed by atoms with E-state index in [1.807, 2.05) is 5.32 Å². The highest BCUT2D eigenvalue weighted by molar-refractivity contribution is 6.02. The Hall–Kier alpha value is -2.71. The number of alkyl halides is 3. The third kappa shape index (κ3) is 3.44. The zero-order valence-electron chi connectivity index (χ0n) is 10.3. The summed E-state index contributed by atoms with van der Waals surface area (Å²) in [5.41, 5.74) is 3.38. The lowest BCUT2D eigenvalue weighted by Gasteiger charge is -2.10. The van der Waals surface area contributed by atoms with Crippen LogP contribution in [0.1, 0.15) is 16.1 Å². The molecule has 0 saturated carbocycles. The van der Waals surface area contributed by atoms with Crippen molar-refractivity contribution in [2.24, 2.45) is 0 Å². The largest absolute Gasteiger partial charge is 0.416 e. The Kier molecular flexibility index (Phi) is 3.74. The molecule has 21 heavy (non-hydrogen) atoms. The number of anilines is 2. The van der Waals surface area contributed by atoms with E-state index in [0.29, 0.717) is 18.2 Å². The molecular formula is C12H8F4N4O. The number of rotatable bonds is 2. The minimum Gasteiger partial charge on any atom is -0.382 e. The van der Waals surface area contributed by atoms with Gasteiger partial charge in [-0.1, -0.05) is 0 Å². The molecule has 5 nitrogen and oxygen atoms in total. The molecule has 0 aliphatic heterocycles. The normalized spacial score (nSPS) is 11.2. The van der Waals surface area contributed by atoms with Crippen LogP contribution in [0.3, 0.4) is 0 Å². The molecule has 1 amide bonds. The Labute approximate surface area is 115 Å². The summed E-state index contributed by atoms with van der Waals surface area (Å²) in [6.07, 6.45) is -2.41. The summed E-state index contributed by atoms with van der Waals surface area (Å²) in [6.45, 7) is 0. The number of nitrogens with one attached hydrogen (secondary N) is 1. The maximum absolute atomic E-state index is 13.5. The summed E-state index contributed by atoms with van der Waals surface area (Å²) < 4.78 is 51.1. The fraction of sp³-hybridized carbons (Fsp3) is 0.0833. The van der Waals surface area contributed by atoms with Crippen molar-refractivity contribution < 1.29 is 22.4 Å². The van der Waals surface area contributed by atoms with Gasteiger partial charge in [0.2, 0.25) is 0 Å². The van der Waals surface area contributed by atoms with Gasteiger partial charge in [0.1, 0.15) is 17.3 Å². The lowest BCUT2D eigenvalue weighted by Crippen LogP contribution is -2.16. The predicted octanol–water partition coefficient (Wildman–Crippen LogP) is 2.47. The van der Waals surface area contributed by atoms with Gasteiger partial charge >= 0.3 is 6.18 Å². The van der Waals surface area contributed by atoms with Crippen molar-refractivity contribution in [3.05, 3.63) is 47.7 Å². The number of carbonyl (C=O) groups is 1. The third-order valence-corrected chi connectivity index (χ3v) is 2.43. The Balaban J connectivity index is 2.29. The minimum absolute atomic E-state index is 0.0489. The molecule has 1 aromatic heterocycles. The molecule has 3 N–H and O–H groups in total. The zero-order chi connectivity index (χ0) is 15.6.